The Morgan fingerprint density at radius 2 is 1.93 bits per heavy atom. The van der Waals surface area contributed by atoms with Crippen LogP contribution in [0.15, 0.2) is 29.3 Å². The van der Waals surface area contributed by atoms with Gasteiger partial charge >= 0.3 is 0 Å². The molecule has 6 nitrogen and oxygen atoms in total. The van der Waals surface area contributed by atoms with Gasteiger partial charge in [-0.3, -0.25) is 0 Å². The smallest absolute Gasteiger partial charge is 0.191 e. The Hall–Kier alpha value is -1.95. The lowest BCUT2D eigenvalue weighted by molar-refractivity contribution is 0.213. The van der Waals surface area contributed by atoms with Gasteiger partial charge in [-0.15, -0.1) is 0 Å². The van der Waals surface area contributed by atoms with E-state index in [2.05, 4.69) is 34.5 Å². The molecule has 1 fully saturated rings. The standard InChI is InChI=1S/C21H36N4O2/c1-5-22-21(23-13-10-18-11-14-25(3)15-12-18)24-16-17(2)27-20-9-7-6-8-19(20)26-4/h6-9,17-18H,5,10-16H2,1-4H3,(H2,22,23,24). The number of hydrogen-bond donors (Lipinski definition) is 2. The summed E-state index contributed by atoms with van der Waals surface area (Å²) in [6.07, 6.45) is 3.77. The van der Waals surface area contributed by atoms with Crippen LogP contribution in [-0.4, -0.2) is 63.8 Å². The molecule has 152 valence electrons. The number of nitrogens with zero attached hydrogens (tertiary/aromatic N) is 2. The number of hydrogen-bond acceptors (Lipinski definition) is 4. The first-order valence-corrected chi connectivity index (χ1v) is 10.1. The fourth-order valence-corrected chi connectivity index (χ4v) is 3.28. The van der Waals surface area contributed by atoms with Crippen molar-refractivity contribution < 1.29 is 9.47 Å². The Morgan fingerprint density at radius 3 is 2.59 bits per heavy atom. The van der Waals surface area contributed by atoms with E-state index in [0.717, 1.165) is 36.5 Å². The van der Waals surface area contributed by atoms with Crippen molar-refractivity contribution in [3.8, 4) is 11.5 Å². The topological polar surface area (TPSA) is 58.1 Å². The molecule has 27 heavy (non-hydrogen) atoms. The van der Waals surface area contributed by atoms with E-state index in [0.29, 0.717) is 6.54 Å². The molecule has 1 saturated heterocycles. The molecular weight excluding hydrogens is 340 g/mol. The van der Waals surface area contributed by atoms with E-state index in [4.69, 9.17) is 9.47 Å². The first-order valence-electron chi connectivity index (χ1n) is 10.1. The molecule has 1 atom stereocenters. The van der Waals surface area contributed by atoms with Crippen LogP contribution in [0.4, 0.5) is 0 Å². The van der Waals surface area contributed by atoms with Gasteiger partial charge in [0.15, 0.2) is 17.5 Å². The zero-order valence-corrected chi connectivity index (χ0v) is 17.3. The predicted octanol–water partition coefficient (Wildman–Crippen LogP) is 2.75. The minimum atomic E-state index is -0.0364. The maximum Gasteiger partial charge on any atom is 0.191 e. The van der Waals surface area contributed by atoms with Crippen LogP contribution in [0.1, 0.15) is 33.1 Å². The van der Waals surface area contributed by atoms with Crippen LogP contribution >= 0.6 is 0 Å². The minimum Gasteiger partial charge on any atom is -0.493 e. The largest absolute Gasteiger partial charge is 0.493 e. The van der Waals surface area contributed by atoms with Crippen LogP contribution in [-0.2, 0) is 0 Å². The number of methoxy groups -OCH3 is 1. The summed E-state index contributed by atoms with van der Waals surface area (Å²) >= 11 is 0. The summed E-state index contributed by atoms with van der Waals surface area (Å²) in [5.41, 5.74) is 0. The second-order valence-electron chi connectivity index (χ2n) is 7.26. The second kappa shape index (κ2) is 11.7. The van der Waals surface area contributed by atoms with Crippen LogP contribution in [0.3, 0.4) is 0 Å². The first-order chi connectivity index (χ1) is 13.1. The molecule has 0 aromatic heterocycles. The third-order valence-corrected chi connectivity index (χ3v) is 4.93. The lowest BCUT2D eigenvalue weighted by Crippen LogP contribution is -2.39. The highest BCUT2D eigenvalue weighted by molar-refractivity contribution is 5.79. The molecule has 1 heterocycles. The zero-order chi connectivity index (χ0) is 19.5. The van der Waals surface area contributed by atoms with E-state index < -0.39 is 0 Å². The van der Waals surface area contributed by atoms with E-state index in [9.17, 15) is 0 Å². The van der Waals surface area contributed by atoms with E-state index in [1.165, 1.54) is 32.4 Å². The van der Waals surface area contributed by atoms with E-state index in [1.54, 1.807) is 7.11 Å². The summed E-state index contributed by atoms with van der Waals surface area (Å²) in [6, 6.07) is 7.71. The second-order valence-corrected chi connectivity index (χ2v) is 7.26. The number of piperidine rings is 1. The van der Waals surface area contributed by atoms with Crippen molar-refractivity contribution in [1.82, 2.24) is 15.5 Å². The zero-order valence-electron chi connectivity index (χ0n) is 17.3. The van der Waals surface area contributed by atoms with Gasteiger partial charge in [0, 0.05) is 13.1 Å². The van der Waals surface area contributed by atoms with Crippen LogP contribution in [0.25, 0.3) is 0 Å². The molecular formula is C21H36N4O2. The number of guanidine groups is 1. The van der Waals surface area contributed by atoms with Gasteiger partial charge in [0.1, 0.15) is 6.10 Å². The van der Waals surface area contributed by atoms with E-state index in [-0.39, 0.29) is 6.10 Å². The normalized spacial score (nSPS) is 17.4. The van der Waals surface area contributed by atoms with Crippen molar-refractivity contribution in [1.29, 1.82) is 0 Å². The molecule has 0 spiro atoms. The van der Waals surface area contributed by atoms with Crippen LogP contribution in [0, 0.1) is 5.92 Å². The van der Waals surface area contributed by atoms with Crippen LogP contribution in [0.5, 0.6) is 11.5 Å². The van der Waals surface area contributed by atoms with Crippen molar-refractivity contribution in [3.63, 3.8) is 0 Å². The summed E-state index contributed by atoms with van der Waals surface area (Å²) in [7, 11) is 3.86. The van der Waals surface area contributed by atoms with E-state index in [1.807, 2.05) is 31.2 Å². The summed E-state index contributed by atoms with van der Waals surface area (Å²) in [6.45, 7) is 8.94. The molecule has 0 bridgehead atoms. The molecule has 1 unspecified atom stereocenters. The number of benzene rings is 1. The highest BCUT2D eigenvalue weighted by atomic mass is 16.5. The fourth-order valence-electron chi connectivity index (χ4n) is 3.28. The van der Waals surface area contributed by atoms with Gasteiger partial charge in [-0.05, 0) is 71.3 Å². The molecule has 1 aliphatic rings. The maximum absolute atomic E-state index is 5.98. The fraction of sp³-hybridized carbons (Fsp3) is 0.667. The Morgan fingerprint density at radius 1 is 1.22 bits per heavy atom. The minimum absolute atomic E-state index is 0.0364. The number of rotatable bonds is 9. The average Bonchev–Trinajstić information content (AvgIpc) is 2.68. The summed E-state index contributed by atoms with van der Waals surface area (Å²) in [5.74, 6) is 3.18. The van der Waals surface area contributed by atoms with Gasteiger partial charge in [-0.25, -0.2) is 4.99 Å². The van der Waals surface area contributed by atoms with Gasteiger partial charge in [-0.2, -0.15) is 0 Å². The van der Waals surface area contributed by atoms with Crippen molar-refractivity contribution >= 4 is 5.96 Å². The number of nitrogens with one attached hydrogen (secondary N) is 2. The number of para-hydroxylation sites is 2. The highest BCUT2D eigenvalue weighted by Crippen LogP contribution is 2.26. The summed E-state index contributed by atoms with van der Waals surface area (Å²) in [4.78, 5) is 7.10. The quantitative estimate of drug-likeness (QED) is 0.513. The molecule has 0 radical (unpaired) electrons. The van der Waals surface area contributed by atoms with Gasteiger partial charge < -0.3 is 25.0 Å². The molecule has 1 aromatic rings. The SMILES string of the molecule is CCNC(=NCC(C)Oc1ccccc1OC)NCCC1CCN(C)CC1. The Bertz CT molecular complexity index is 571. The Labute approximate surface area is 164 Å². The van der Waals surface area contributed by atoms with Crippen molar-refractivity contribution in [3.05, 3.63) is 24.3 Å². The maximum atomic E-state index is 5.98. The lowest BCUT2D eigenvalue weighted by Gasteiger charge is -2.29. The predicted molar refractivity (Wildman–Crippen MR) is 112 cm³/mol. The number of likely N-dealkylation sites (tertiary alicyclic amines) is 1. The average molecular weight is 377 g/mol. The van der Waals surface area contributed by atoms with Gasteiger partial charge in [0.05, 0.1) is 13.7 Å². The third-order valence-electron chi connectivity index (χ3n) is 4.93. The van der Waals surface area contributed by atoms with E-state index >= 15 is 0 Å². The lowest BCUT2D eigenvalue weighted by atomic mass is 9.94. The van der Waals surface area contributed by atoms with Crippen LogP contribution < -0.4 is 20.1 Å². The van der Waals surface area contributed by atoms with Crippen molar-refractivity contribution in [2.75, 3.05) is 46.9 Å². The van der Waals surface area contributed by atoms with Crippen molar-refractivity contribution in [2.45, 2.75) is 39.2 Å². The van der Waals surface area contributed by atoms with Gasteiger partial charge in [0.25, 0.3) is 0 Å². The van der Waals surface area contributed by atoms with Crippen molar-refractivity contribution in [2.24, 2.45) is 10.9 Å². The molecule has 0 aliphatic carbocycles. The molecule has 0 amide bonds. The highest BCUT2D eigenvalue weighted by Gasteiger charge is 2.16. The molecule has 1 aromatic carbocycles. The third kappa shape index (κ3) is 7.67. The number of ether oxygens (including phenoxy) is 2. The molecule has 0 saturated carbocycles. The Kier molecular flexibility index (Phi) is 9.25. The molecule has 2 N–H and O–H groups in total. The van der Waals surface area contributed by atoms with Gasteiger partial charge in [0.2, 0.25) is 0 Å². The first kappa shape index (κ1) is 21.4. The molecule has 6 heteroatoms. The van der Waals surface area contributed by atoms with Gasteiger partial charge in [-0.1, -0.05) is 12.1 Å². The summed E-state index contributed by atoms with van der Waals surface area (Å²) < 4.78 is 11.3. The number of aliphatic imine (C=N–C) groups is 1. The monoisotopic (exact) mass is 376 g/mol. The summed E-state index contributed by atoms with van der Waals surface area (Å²) in [5, 5.41) is 6.79. The molecule has 2 rings (SSSR count). The molecule has 1 aliphatic heterocycles. The van der Waals surface area contributed by atoms with Crippen LogP contribution in [0.2, 0.25) is 0 Å². The Balaban J connectivity index is 1.77.